The van der Waals surface area contributed by atoms with Crippen molar-refractivity contribution in [1.82, 2.24) is 10.3 Å². The van der Waals surface area contributed by atoms with Gasteiger partial charge in [0.05, 0.1) is 31.0 Å². The first-order chi connectivity index (χ1) is 10.5. The van der Waals surface area contributed by atoms with Crippen molar-refractivity contribution in [3.63, 3.8) is 0 Å². The van der Waals surface area contributed by atoms with Crippen LogP contribution in [0.25, 0.3) is 0 Å². The molecule has 0 saturated carbocycles. The molecule has 1 aromatic heterocycles. The highest BCUT2D eigenvalue weighted by atomic mass is 79.9. The summed E-state index contributed by atoms with van der Waals surface area (Å²) in [5.74, 6) is -1.73. The standard InChI is InChI=1S/C15H20N2O5.BrH/c1-5-9-7-16-10(6-2)13(12(9)15(20)22-4)14(19)17-8-11(18)21-3;/h7H,5-6,8H2,1-4H3,(H,17,19);1H. The van der Waals surface area contributed by atoms with Crippen LogP contribution in [0, 0.1) is 0 Å². The number of halogens is 1. The van der Waals surface area contributed by atoms with Crippen LogP contribution in [0.5, 0.6) is 0 Å². The van der Waals surface area contributed by atoms with Gasteiger partial charge in [0.1, 0.15) is 6.54 Å². The Morgan fingerprint density at radius 3 is 2.22 bits per heavy atom. The molecule has 23 heavy (non-hydrogen) atoms. The lowest BCUT2D eigenvalue weighted by atomic mass is 9.97. The Hall–Kier alpha value is -1.96. The van der Waals surface area contributed by atoms with Gasteiger partial charge in [0.25, 0.3) is 5.91 Å². The van der Waals surface area contributed by atoms with Gasteiger partial charge in [-0.2, -0.15) is 0 Å². The maximum absolute atomic E-state index is 12.4. The SMILES string of the molecule is Br.CCc1cnc(CC)c(C(=O)NCC(=O)OC)c1C(=O)OC. The van der Waals surface area contributed by atoms with Crippen LogP contribution in [0.3, 0.4) is 0 Å². The fraction of sp³-hybridized carbons (Fsp3) is 0.467. The molecule has 7 nitrogen and oxygen atoms in total. The number of carbonyl (C=O) groups is 3. The lowest BCUT2D eigenvalue weighted by Gasteiger charge is -2.15. The molecule has 0 aliphatic rings. The molecule has 0 aliphatic carbocycles. The fourth-order valence-corrected chi connectivity index (χ4v) is 2.02. The maximum Gasteiger partial charge on any atom is 0.339 e. The van der Waals surface area contributed by atoms with E-state index in [1.807, 2.05) is 13.8 Å². The van der Waals surface area contributed by atoms with Gasteiger partial charge < -0.3 is 14.8 Å². The smallest absolute Gasteiger partial charge is 0.339 e. The van der Waals surface area contributed by atoms with Crippen molar-refractivity contribution in [2.75, 3.05) is 20.8 Å². The first kappa shape index (κ1) is 21.0. The van der Waals surface area contributed by atoms with Crippen molar-refractivity contribution in [2.45, 2.75) is 26.7 Å². The van der Waals surface area contributed by atoms with Crippen molar-refractivity contribution >= 4 is 34.8 Å². The van der Waals surface area contributed by atoms with Gasteiger partial charge in [-0.3, -0.25) is 14.6 Å². The summed E-state index contributed by atoms with van der Waals surface area (Å²) >= 11 is 0. The van der Waals surface area contributed by atoms with Crippen LogP contribution in [0.1, 0.15) is 45.8 Å². The molecule has 0 bridgehead atoms. The third kappa shape index (κ3) is 5.02. The molecule has 0 atom stereocenters. The van der Waals surface area contributed by atoms with Crippen molar-refractivity contribution < 1.29 is 23.9 Å². The molecule has 0 unspecified atom stereocenters. The quantitative estimate of drug-likeness (QED) is 0.741. The van der Waals surface area contributed by atoms with Gasteiger partial charge in [-0.1, -0.05) is 13.8 Å². The normalized spacial score (nSPS) is 9.57. The van der Waals surface area contributed by atoms with Crippen LogP contribution in [-0.2, 0) is 27.1 Å². The molecule has 1 heterocycles. The summed E-state index contributed by atoms with van der Waals surface area (Å²) in [4.78, 5) is 39.8. The Kier molecular flexibility index (Phi) is 9.09. The highest BCUT2D eigenvalue weighted by molar-refractivity contribution is 8.93. The lowest BCUT2D eigenvalue weighted by Crippen LogP contribution is -2.33. The van der Waals surface area contributed by atoms with E-state index in [4.69, 9.17) is 4.74 Å². The van der Waals surface area contributed by atoms with E-state index in [0.29, 0.717) is 24.1 Å². The van der Waals surface area contributed by atoms with Crippen molar-refractivity contribution in [2.24, 2.45) is 0 Å². The number of nitrogens with zero attached hydrogens (tertiary/aromatic N) is 1. The Morgan fingerprint density at radius 1 is 1.09 bits per heavy atom. The number of hydrogen-bond acceptors (Lipinski definition) is 6. The molecule has 128 valence electrons. The van der Waals surface area contributed by atoms with Gasteiger partial charge in [-0.25, -0.2) is 4.79 Å². The van der Waals surface area contributed by atoms with E-state index in [2.05, 4.69) is 15.0 Å². The minimum Gasteiger partial charge on any atom is -0.468 e. The number of aromatic nitrogens is 1. The van der Waals surface area contributed by atoms with Crippen LogP contribution in [0.2, 0.25) is 0 Å². The van der Waals surface area contributed by atoms with Crippen molar-refractivity contribution in [3.05, 3.63) is 28.6 Å². The predicted octanol–water partition coefficient (Wildman–Crippen LogP) is 1.47. The van der Waals surface area contributed by atoms with Crippen LogP contribution in [0.4, 0.5) is 0 Å². The first-order valence-corrected chi connectivity index (χ1v) is 6.94. The lowest BCUT2D eigenvalue weighted by molar-refractivity contribution is -0.139. The zero-order valence-corrected chi connectivity index (χ0v) is 15.3. The van der Waals surface area contributed by atoms with E-state index >= 15 is 0 Å². The van der Waals surface area contributed by atoms with E-state index in [9.17, 15) is 14.4 Å². The number of aryl methyl sites for hydroxylation is 2. The molecule has 0 radical (unpaired) electrons. The van der Waals surface area contributed by atoms with E-state index in [-0.39, 0.29) is 34.7 Å². The Labute approximate surface area is 145 Å². The molecule has 0 fully saturated rings. The second kappa shape index (κ2) is 9.94. The first-order valence-electron chi connectivity index (χ1n) is 6.94. The number of esters is 2. The zero-order valence-electron chi connectivity index (χ0n) is 13.6. The third-order valence-electron chi connectivity index (χ3n) is 3.19. The average molecular weight is 389 g/mol. The topological polar surface area (TPSA) is 94.6 Å². The Morgan fingerprint density at radius 2 is 1.74 bits per heavy atom. The van der Waals surface area contributed by atoms with Crippen LogP contribution in [0.15, 0.2) is 6.20 Å². The minimum absolute atomic E-state index is 0. The molecule has 1 N–H and O–H groups in total. The number of pyridine rings is 1. The summed E-state index contributed by atoms with van der Waals surface area (Å²) < 4.78 is 9.25. The summed E-state index contributed by atoms with van der Waals surface area (Å²) in [6.07, 6.45) is 2.57. The van der Waals surface area contributed by atoms with E-state index in [1.165, 1.54) is 14.2 Å². The molecule has 1 aromatic rings. The van der Waals surface area contributed by atoms with Gasteiger partial charge >= 0.3 is 11.9 Å². The molecule has 0 aromatic carbocycles. The van der Waals surface area contributed by atoms with Crippen LogP contribution < -0.4 is 5.32 Å². The van der Waals surface area contributed by atoms with Gasteiger partial charge in [-0.05, 0) is 18.4 Å². The van der Waals surface area contributed by atoms with E-state index in [1.54, 1.807) is 6.20 Å². The summed E-state index contributed by atoms with van der Waals surface area (Å²) in [7, 11) is 2.48. The van der Waals surface area contributed by atoms with Crippen molar-refractivity contribution in [1.29, 1.82) is 0 Å². The highest BCUT2D eigenvalue weighted by Crippen LogP contribution is 2.20. The number of hydrogen-bond donors (Lipinski definition) is 1. The molecule has 0 aliphatic heterocycles. The van der Waals surface area contributed by atoms with Crippen molar-refractivity contribution in [3.8, 4) is 0 Å². The molecule has 0 saturated heterocycles. The Bertz CT molecular complexity index is 589. The third-order valence-corrected chi connectivity index (χ3v) is 3.19. The van der Waals surface area contributed by atoms with E-state index < -0.39 is 17.8 Å². The number of amides is 1. The minimum atomic E-state index is -0.600. The van der Waals surface area contributed by atoms with Gasteiger partial charge in [0, 0.05) is 6.20 Å². The summed E-state index contributed by atoms with van der Waals surface area (Å²) in [5, 5.41) is 2.43. The monoisotopic (exact) mass is 388 g/mol. The molecular weight excluding hydrogens is 368 g/mol. The average Bonchev–Trinajstić information content (AvgIpc) is 2.56. The van der Waals surface area contributed by atoms with Gasteiger partial charge in [0.2, 0.25) is 0 Å². The molecular formula is C15H21BrN2O5. The number of rotatable bonds is 6. The number of carbonyl (C=O) groups excluding carboxylic acids is 3. The van der Waals surface area contributed by atoms with Gasteiger partial charge in [0.15, 0.2) is 0 Å². The molecule has 1 rings (SSSR count). The predicted molar refractivity (Wildman–Crippen MR) is 89.0 cm³/mol. The highest BCUT2D eigenvalue weighted by Gasteiger charge is 2.25. The maximum atomic E-state index is 12.4. The summed E-state index contributed by atoms with van der Waals surface area (Å²) in [6, 6.07) is 0. The summed E-state index contributed by atoms with van der Waals surface area (Å²) in [5.41, 5.74) is 1.43. The zero-order chi connectivity index (χ0) is 16.7. The molecule has 1 amide bonds. The van der Waals surface area contributed by atoms with Gasteiger partial charge in [-0.15, -0.1) is 17.0 Å². The number of ether oxygens (including phenoxy) is 2. The summed E-state index contributed by atoms with van der Waals surface area (Å²) in [6.45, 7) is 3.40. The van der Waals surface area contributed by atoms with Crippen LogP contribution >= 0.6 is 17.0 Å². The second-order valence-corrected chi connectivity index (χ2v) is 4.44. The number of methoxy groups -OCH3 is 2. The van der Waals surface area contributed by atoms with Crippen LogP contribution in [-0.4, -0.2) is 43.6 Å². The largest absolute Gasteiger partial charge is 0.468 e. The molecule has 0 spiro atoms. The Balaban J connectivity index is 0.00000484. The molecule has 8 heteroatoms. The second-order valence-electron chi connectivity index (χ2n) is 4.44. The van der Waals surface area contributed by atoms with E-state index in [0.717, 1.165) is 0 Å². The number of nitrogens with one attached hydrogen (secondary N) is 1. The fourth-order valence-electron chi connectivity index (χ4n) is 2.02.